The minimum Gasteiger partial charge on any atom is -0.481 e. The van der Waals surface area contributed by atoms with Crippen molar-refractivity contribution in [3.63, 3.8) is 0 Å². The van der Waals surface area contributed by atoms with Crippen molar-refractivity contribution in [3.05, 3.63) is 12.2 Å². The van der Waals surface area contributed by atoms with Crippen molar-refractivity contribution in [2.45, 2.75) is 77.0 Å². The summed E-state index contributed by atoms with van der Waals surface area (Å²) in [6, 6.07) is 0. The van der Waals surface area contributed by atoms with Crippen LogP contribution in [0.25, 0.3) is 0 Å². The van der Waals surface area contributed by atoms with Gasteiger partial charge in [0.2, 0.25) is 0 Å². The van der Waals surface area contributed by atoms with Crippen LogP contribution in [-0.4, -0.2) is 22.8 Å². The predicted octanol–water partition coefficient (Wildman–Crippen LogP) is 4.30. The molecule has 3 nitrogen and oxygen atoms in total. The highest BCUT2D eigenvalue weighted by atomic mass is 16.4. The maximum absolute atomic E-state index is 10.3. The van der Waals surface area contributed by atoms with Crippen LogP contribution >= 0.6 is 0 Å². The number of aliphatic carboxylic acids is 1. The van der Waals surface area contributed by atoms with Crippen molar-refractivity contribution in [1.82, 2.24) is 0 Å². The average Bonchev–Trinajstić information content (AvgIpc) is 2.39. The molecule has 0 bridgehead atoms. The van der Waals surface area contributed by atoms with Gasteiger partial charge in [-0.3, -0.25) is 4.79 Å². The molecule has 0 amide bonds. The fraction of sp³-hybridized carbons (Fsp3) is 0.812. The van der Waals surface area contributed by atoms with Crippen LogP contribution in [0.3, 0.4) is 0 Å². The molecular formula is C16H30O3. The second-order valence-electron chi connectivity index (χ2n) is 5.10. The molecule has 0 aliphatic carbocycles. The van der Waals surface area contributed by atoms with E-state index in [1.807, 2.05) is 0 Å². The van der Waals surface area contributed by atoms with Crippen molar-refractivity contribution in [2.75, 3.05) is 6.61 Å². The van der Waals surface area contributed by atoms with E-state index in [0.29, 0.717) is 6.61 Å². The molecule has 0 unspecified atom stereocenters. The molecule has 112 valence electrons. The van der Waals surface area contributed by atoms with Crippen LogP contribution in [0.1, 0.15) is 77.0 Å². The largest absolute Gasteiger partial charge is 0.481 e. The summed E-state index contributed by atoms with van der Waals surface area (Å²) in [6.45, 7) is 0.332. The number of hydrogen-bond acceptors (Lipinski definition) is 2. The lowest BCUT2D eigenvalue weighted by Crippen LogP contribution is -1.92. The van der Waals surface area contributed by atoms with E-state index < -0.39 is 5.97 Å². The molecular weight excluding hydrogens is 240 g/mol. The molecule has 0 radical (unpaired) electrons. The number of allylic oxidation sites excluding steroid dienone is 2. The lowest BCUT2D eigenvalue weighted by molar-refractivity contribution is -0.137. The Labute approximate surface area is 117 Å². The summed E-state index contributed by atoms with van der Waals surface area (Å²) in [5.41, 5.74) is 0. The molecule has 0 aromatic carbocycles. The first-order valence-electron chi connectivity index (χ1n) is 7.75. The van der Waals surface area contributed by atoms with Gasteiger partial charge < -0.3 is 10.2 Å². The van der Waals surface area contributed by atoms with Gasteiger partial charge in [-0.05, 0) is 32.1 Å². The van der Waals surface area contributed by atoms with Crippen LogP contribution in [0, 0.1) is 0 Å². The Morgan fingerprint density at radius 3 is 1.74 bits per heavy atom. The molecule has 0 spiro atoms. The Kier molecular flexibility index (Phi) is 14.6. The summed E-state index contributed by atoms with van der Waals surface area (Å²) >= 11 is 0. The van der Waals surface area contributed by atoms with Gasteiger partial charge in [-0.25, -0.2) is 0 Å². The first-order valence-corrected chi connectivity index (χ1v) is 7.75. The van der Waals surface area contributed by atoms with Gasteiger partial charge in [0, 0.05) is 13.0 Å². The first-order chi connectivity index (χ1) is 9.27. The van der Waals surface area contributed by atoms with E-state index in [9.17, 15) is 4.79 Å². The number of carboxylic acid groups (broad SMARTS) is 1. The van der Waals surface area contributed by atoms with Crippen LogP contribution in [0.4, 0.5) is 0 Å². The minimum atomic E-state index is -0.701. The van der Waals surface area contributed by atoms with Crippen molar-refractivity contribution in [3.8, 4) is 0 Å². The molecule has 0 aliphatic rings. The Morgan fingerprint density at radius 2 is 1.21 bits per heavy atom. The third-order valence-corrected chi connectivity index (χ3v) is 3.21. The van der Waals surface area contributed by atoms with Crippen molar-refractivity contribution >= 4 is 5.97 Å². The number of aliphatic hydroxyl groups excluding tert-OH is 1. The highest BCUT2D eigenvalue weighted by Crippen LogP contribution is 2.10. The number of rotatable bonds is 14. The fourth-order valence-electron chi connectivity index (χ4n) is 2.04. The molecule has 0 aromatic heterocycles. The zero-order valence-electron chi connectivity index (χ0n) is 12.1. The lowest BCUT2D eigenvalue weighted by Gasteiger charge is -2.00. The maximum atomic E-state index is 10.3. The van der Waals surface area contributed by atoms with E-state index in [4.69, 9.17) is 10.2 Å². The second kappa shape index (κ2) is 15.2. The van der Waals surface area contributed by atoms with Gasteiger partial charge in [0.05, 0.1) is 0 Å². The molecule has 19 heavy (non-hydrogen) atoms. The third kappa shape index (κ3) is 17.2. The number of carboxylic acids is 1. The van der Waals surface area contributed by atoms with Crippen LogP contribution < -0.4 is 0 Å². The van der Waals surface area contributed by atoms with Crippen molar-refractivity contribution < 1.29 is 15.0 Å². The van der Waals surface area contributed by atoms with Gasteiger partial charge >= 0.3 is 5.97 Å². The Morgan fingerprint density at radius 1 is 0.737 bits per heavy atom. The minimum absolute atomic E-state index is 0.278. The Hall–Kier alpha value is -0.830. The maximum Gasteiger partial charge on any atom is 0.303 e. The van der Waals surface area contributed by atoms with Crippen molar-refractivity contribution in [1.29, 1.82) is 0 Å². The summed E-state index contributed by atoms with van der Waals surface area (Å²) in [7, 11) is 0. The quantitative estimate of drug-likeness (QED) is 0.365. The predicted molar refractivity (Wildman–Crippen MR) is 79.3 cm³/mol. The second-order valence-corrected chi connectivity index (χ2v) is 5.10. The summed E-state index contributed by atoms with van der Waals surface area (Å²) in [6.07, 6.45) is 17.2. The van der Waals surface area contributed by atoms with Crippen LogP contribution in [0.5, 0.6) is 0 Å². The normalized spacial score (nSPS) is 11.2. The summed E-state index contributed by atoms with van der Waals surface area (Å²) < 4.78 is 0. The molecule has 0 saturated heterocycles. The molecule has 0 aliphatic heterocycles. The van der Waals surface area contributed by atoms with Gasteiger partial charge in [-0.15, -0.1) is 0 Å². The highest BCUT2D eigenvalue weighted by Gasteiger charge is 1.93. The SMILES string of the molecule is O=C(O)CCC/C=C/CCCCCCCCCCO. The van der Waals surface area contributed by atoms with Crippen LogP contribution in [0.2, 0.25) is 0 Å². The molecule has 3 heteroatoms. The Bertz CT molecular complexity index is 224. The van der Waals surface area contributed by atoms with Gasteiger partial charge in [0.1, 0.15) is 0 Å². The average molecular weight is 270 g/mol. The van der Waals surface area contributed by atoms with E-state index in [1.165, 1.54) is 38.5 Å². The number of aliphatic hydroxyl groups is 1. The smallest absolute Gasteiger partial charge is 0.303 e. The number of unbranched alkanes of at least 4 members (excludes halogenated alkanes) is 9. The summed E-state index contributed by atoms with van der Waals surface area (Å²) in [5, 5.41) is 17.1. The zero-order valence-corrected chi connectivity index (χ0v) is 12.1. The molecule has 0 saturated carbocycles. The highest BCUT2D eigenvalue weighted by molar-refractivity contribution is 5.66. The van der Waals surface area contributed by atoms with E-state index in [-0.39, 0.29) is 6.42 Å². The summed E-state index contributed by atoms with van der Waals surface area (Å²) in [5.74, 6) is -0.701. The third-order valence-electron chi connectivity index (χ3n) is 3.21. The van der Waals surface area contributed by atoms with Crippen molar-refractivity contribution in [2.24, 2.45) is 0 Å². The molecule has 2 N–H and O–H groups in total. The van der Waals surface area contributed by atoms with Gasteiger partial charge in [0.15, 0.2) is 0 Å². The summed E-state index contributed by atoms with van der Waals surface area (Å²) in [4.78, 5) is 10.3. The van der Waals surface area contributed by atoms with Crippen LogP contribution in [-0.2, 0) is 4.79 Å². The van der Waals surface area contributed by atoms with E-state index in [1.54, 1.807) is 0 Å². The zero-order chi connectivity index (χ0) is 14.2. The van der Waals surface area contributed by atoms with E-state index in [0.717, 1.165) is 32.1 Å². The van der Waals surface area contributed by atoms with Gasteiger partial charge in [-0.1, -0.05) is 50.7 Å². The molecule has 0 rings (SSSR count). The van der Waals surface area contributed by atoms with E-state index >= 15 is 0 Å². The molecule has 0 atom stereocenters. The van der Waals surface area contributed by atoms with E-state index in [2.05, 4.69) is 12.2 Å². The first kappa shape index (κ1) is 18.2. The molecule has 0 heterocycles. The standard InChI is InChI=1S/C16H30O3/c17-15-13-11-9-7-5-3-1-2-4-6-8-10-12-14-16(18)19/h6,8,17H,1-5,7,9-15H2,(H,18,19)/b8-6+. The monoisotopic (exact) mass is 270 g/mol. The topological polar surface area (TPSA) is 57.5 Å². The lowest BCUT2D eigenvalue weighted by atomic mass is 10.1. The van der Waals surface area contributed by atoms with Gasteiger partial charge in [-0.2, -0.15) is 0 Å². The van der Waals surface area contributed by atoms with Gasteiger partial charge in [0.25, 0.3) is 0 Å². The fourth-order valence-corrected chi connectivity index (χ4v) is 2.04. The van der Waals surface area contributed by atoms with Crippen LogP contribution in [0.15, 0.2) is 12.2 Å². The molecule has 0 fully saturated rings. The number of carbonyl (C=O) groups is 1. The number of hydrogen-bond donors (Lipinski definition) is 2. The Balaban J connectivity index is 3.05. The molecule has 0 aromatic rings.